The summed E-state index contributed by atoms with van der Waals surface area (Å²) in [6.45, 7) is 4.76. The molecule has 116 valence electrons. The Hall–Kier alpha value is -1.46. The van der Waals surface area contributed by atoms with Gasteiger partial charge >= 0.3 is 6.03 Å². The number of halogens is 1. The zero-order chi connectivity index (χ0) is 15.2. The van der Waals surface area contributed by atoms with Crippen molar-refractivity contribution in [2.75, 3.05) is 43.0 Å². The quantitative estimate of drug-likeness (QED) is 0.879. The molecular weight excluding hydrogens is 290 g/mol. The van der Waals surface area contributed by atoms with Gasteiger partial charge in [-0.15, -0.1) is 0 Å². The highest BCUT2D eigenvalue weighted by molar-refractivity contribution is 6.33. The van der Waals surface area contributed by atoms with E-state index in [0.29, 0.717) is 23.8 Å². The smallest absolute Gasteiger partial charge is 0.321 e. The number of carbonyl (C=O) groups is 1. The lowest BCUT2D eigenvalue weighted by atomic mass is 10.2. The van der Waals surface area contributed by atoms with Crippen molar-refractivity contribution in [3.63, 3.8) is 0 Å². The Morgan fingerprint density at radius 1 is 1.43 bits per heavy atom. The lowest BCUT2D eigenvalue weighted by Gasteiger charge is -2.22. The largest absolute Gasteiger partial charge is 0.395 e. The second kappa shape index (κ2) is 7.52. The van der Waals surface area contributed by atoms with Crippen molar-refractivity contribution in [1.82, 2.24) is 4.90 Å². The minimum atomic E-state index is -0.225. The van der Waals surface area contributed by atoms with E-state index in [4.69, 9.17) is 16.7 Å². The van der Waals surface area contributed by atoms with E-state index in [0.717, 1.165) is 18.8 Å². The maximum absolute atomic E-state index is 12.0. The Balaban J connectivity index is 2.04. The van der Waals surface area contributed by atoms with Gasteiger partial charge in [0, 0.05) is 31.9 Å². The van der Waals surface area contributed by atoms with Crippen LogP contribution in [0.15, 0.2) is 18.2 Å². The Bertz CT molecular complexity index is 490. The molecule has 2 amide bonds. The molecule has 0 saturated carbocycles. The maximum Gasteiger partial charge on any atom is 0.321 e. The normalized spacial score (nSPS) is 14.3. The van der Waals surface area contributed by atoms with Gasteiger partial charge in [-0.05, 0) is 38.0 Å². The molecule has 1 saturated heterocycles. The number of amides is 2. The number of aliphatic hydroxyl groups excluding tert-OH is 1. The number of urea groups is 1. The molecule has 1 aliphatic heterocycles. The third-order valence-electron chi connectivity index (χ3n) is 3.68. The number of benzene rings is 1. The summed E-state index contributed by atoms with van der Waals surface area (Å²) in [4.78, 5) is 15.8. The summed E-state index contributed by atoms with van der Waals surface area (Å²) in [6.07, 6.45) is 2.39. The molecular formula is C15H22ClN3O2. The number of hydrogen-bond donors (Lipinski definition) is 2. The molecule has 6 heteroatoms. The van der Waals surface area contributed by atoms with Gasteiger partial charge in [-0.25, -0.2) is 4.79 Å². The minimum absolute atomic E-state index is 0.0457. The lowest BCUT2D eigenvalue weighted by Crippen LogP contribution is -2.36. The lowest BCUT2D eigenvalue weighted by molar-refractivity contribution is 0.192. The van der Waals surface area contributed by atoms with Crippen LogP contribution in [0, 0.1) is 0 Å². The van der Waals surface area contributed by atoms with Crippen LogP contribution in [-0.4, -0.2) is 48.8 Å². The monoisotopic (exact) mass is 311 g/mol. The average Bonchev–Trinajstić information content (AvgIpc) is 2.98. The zero-order valence-electron chi connectivity index (χ0n) is 12.3. The predicted molar refractivity (Wildman–Crippen MR) is 86.3 cm³/mol. The van der Waals surface area contributed by atoms with E-state index < -0.39 is 0 Å². The van der Waals surface area contributed by atoms with Gasteiger partial charge in [-0.1, -0.05) is 11.6 Å². The number of rotatable bonds is 5. The molecule has 0 spiro atoms. The fourth-order valence-electron chi connectivity index (χ4n) is 2.53. The standard InChI is InChI=1S/C15H22ClN3O2/c1-2-18(9-10-20)15(21)17-12-5-6-14(13(16)11-12)19-7-3-4-8-19/h5-6,11,20H,2-4,7-10H2,1H3,(H,17,21). The second-order valence-electron chi connectivity index (χ2n) is 5.09. The summed E-state index contributed by atoms with van der Waals surface area (Å²) in [6, 6.07) is 5.37. The number of nitrogens with one attached hydrogen (secondary N) is 1. The van der Waals surface area contributed by atoms with E-state index in [1.54, 1.807) is 11.0 Å². The summed E-state index contributed by atoms with van der Waals surface area (Å²) in [5.41, 5.74) is 1.69. The molecule has 21 heavy (non-hydrogen) atoms. The molecule has 2 rings (SSSR count). The van der Waals surface area contributed by atoms with E-state index in [1.165, 1.54) is 12.8 Å². The Morgan fingerprint density at radius 3 is 2.71 bits per heavy atom. The summed E-state index contributed by atoms with van der Waals surface area (Å²) in [5.74, 6) is 0. The van der Waals surface area contributed by atoms with Gasteiger partial charge in [0.15, 0.2) is 0 Å². The average molecular weight is 312 g/mol. The molecule has 5 nitrogen and oxygen atoms in total. The van der Waals surface area contributed by atoms with Crippen LogP contribution in [0.2, 0.25) is 5.02 Å². The third-order valence-corrected chi connectivity index (χ3v) is 3.99. The third kappa shape index (κ3) is 4.02. The SMILES string of the molecule is CCN(CCO)C(=O)Nc1ccc(N2CCCC2)c(Cl)c1. The van der Waals surface area contributed by atoms with Gasteiger partial charge in [0.2, 0.25) is 0 Å². The summed E-state index contributed by atoms with van der Waals surface area (Å²) in [7, 11) is 0. The maximum atomic E-state index is 12.0. The number of aliphatic hydroxyl groups is 1. The first kappa shape index (κ1) is 15.9. The second-order valence-corrected chi connectivity index (χ2v) is 5.50. The molecule has 0 aliphatic carbocycles. The van der Waals surface area contributed by atoms with E-state index >= 15 is 0 Å². The van der Waals surface area contributed by atoms with Crippen molar-refractivity contribution in [3.8, 4) is 0 Å². The topological polar surface area (TPSA) is 55.8 Å². The van der Waals surface area contributed by atoms with E-state index in [-0.39, 0.29) is 12.6 Å². The predicted octanol–water partition coefficient (Wildman–Crippen LogP) is 2.79. The van der Waals surface area contributed by atoms with Crippen LogP contribution in [0.1, 0.15) is 19.8 Å². The molecule has 1 heterocycles. The summed E-state index contributed by atoms with van der Waals surface area (Å²) >= 11 is 6.32. The fraction of sp³-hybridized carbons (Fsp3) is 0.533. The Morgan fingerprint density at radius 2 is 2.14 bits per heavy atom. The van der Waals surface area contributed by atoms with Crippen molar-refractivity contribution in [2.45, 2.75) is 19.8 Å². The number of nitrogens with zero attached hydrogens (tertiary/aromatic N) is 2. The minimum Gasteiger partial charge on any atom is -0.395 e. The highest BCUT2D eigenvalue weighted by Crippen LogP contribution is 2.31. The van der Waals surface area contributed by atoms with Crippen LogP contribution in [0.5, 0.6) is 0 Å². The van der Waals surface area contributed by atoms with Crippen LogP contribution in [0.3, 0.4) is 0 Å². The molecule has 0 unspecified atom stereocenters. The Labute approximate surface area is 130 Å². The zero-order valence-corrected chi connectivity index (χ0v) is 13.1. The molecule has 2 N–H and O–H groups in total. The van der Waals surface area contributed by atoms with Crippen molar-refractivity contribution in [3.05, 3.63) is 23.2 Å². The van der Waals surface area contributed by atoms with Crippen molar-refractivity contribution >= 4 is 29.0 Å². The van der Waals surface area contributed by atoms with E-state index in [1.807, 2.05) is 19.1 Å². The van der Waals surface area contributed by atoms with E-state index in [2.05, 4.69) is 10.2 Å². The van der Waals surface area contributed by atoms with Gasteiger partial charge in [-0.2, -0.15) is 0 Å². The summed E-state index contributed by atoms with van der Waals surface area (Å²) < 4.78 is 0. The number of likely N-dealkylation sites (N-methyl/N-ethyl adjacent to an activating group) is 1. The molecule has 0 radical (unpaired) electrons. The van der Waals surface area contributed by atoms with Crippen LogP contribution in [0.25, 0.3) is 0 Å². The molecule has 1 aliphatic rings. The first-order valence-corrected chi connectivity index (χ1v) is 7.74. The first-order chi connectivity index (χ1) is 10.2. The van der Waals surface area contributed by atoms with Crippen LogP contribution >= 0.6 is 11.6 Å². The number of hydrogen-bond acceptors (Lipinski definition) is 3. The molecule has 1 fully saturated rings. The van der Waals surface area contributed by atoms with Gasteiger partial charge in [-0.3, -0.25) is 0 Å². The fourth-order valence-corrected chi connectivity index (χ4v) is 2.83. The molecule has 0 aromatic heterocycles. The first-order valence-electron chi connectivity index (χ1n) is 7.37. The molecule has 1 aromatic rings. The summed E-state index contributed by atoms with van der Waals surface area (Å²) in [5, 5.41) is 12.4. The molecule has 1 aromatic carbocycles. The van der Waals surface area contributed by atoms with Crippen LogP contribution in [-0.2, 0) is 0 Å². The van der Waals surface area contributed by atoms with Crippen molar-refractivity contribution in [1.29, 1.82) is 0 Å². The highest BCUT2D eigenvalue weighted by atomic mass is 35.5. The van der Waals surface area contributed by atoms with Crippen LogP contribution in [0.4, 0.5) is 16.2 Å². The molecule has 0 bridgehead atoms. The highest BCUT2D eigenvalue weighted by Gasteiger charge is 2.16. The van der Waals surface area contributed by atoms with Crippen molar-refractivity contribution < 1.29 is 9.90 Å². The number of anilines is 2. The van der Waals surface area contributed by atoms with Gasteiger partial charge in [0.05, 0.1) is 17.3 Å². The van der Waals surface area contributed by atoms with Gasteiger partial charge in [0.25, 0.3) is 0 Å². The van der Waals surface area contributed by atoms with Crippen LogP contribution < -0.4 is 10.2 Å². The van der Waals surface area contributed by atoms with Gasteiger partial charge < -0.3 is 20.2 Å². The van der Waals surface area contributed by atoms with Crippen molar-refractivity contribution in [2.24, 2.45) is 0 Å². The molecule has 0 atom stereocenters. The number of carbonyl (C=O) groups excluding carboxylic acids is 1. The van der Waals surface area contributed by atoms with E-state index in [9.17, 15) is 4.79 Å². The Kier molecular flexibility index (Phi) is 5.70. The van der Waals surface area contributed by atoms with Gasteiger partial charge in [0.1, 0.15) is 0 Å².